The maximum atomic E-state index is 10.5. The van der Waals surface area contributed by atoms with E-state index in [9.17, 15) is 10.2 Å². The summed E-state index contributed by atoms with van der Waals surface area (Å²) >= 11 is 0. The molecule has 0 spiro atoms. The first kappa shape index (κ1) is 14.5. The summed E-state index contributed by atoms with van der Waals surface area (Å²) in [4.78, 5) is 0. The Balaban J connectivity index is 1.62. The topological polar surface area (TPSA) is 40.5 Å². The smallest absolute Gasteiger partial charge is 0.0596 e. The highest BCUT2D eigenvalue weighted by molar-refractivity contribution is 5.09. The van der Waals surface area contributed by atoms with Gasteiger partial charge in [0, 0.05) is 0 Å². The minimum absolute atomic E-state index is 0.0400. The Morgan fingerprint density at radius 2 is 1.48 bits per heavy atom. The van der Waals surface area contributed by atoms with Gasteiger partial charge in [-0.15, -0.1) is 0 Å². The van der Waals surface area contributed by atoms with E-state index in [1.807, 2.05) is 0 Å². The molecule has 4 fully saturated rings. The summed E-state index contributed by atoms with van der Waals surface area (Å²) in [5, 5.41) is 20.5. The third kappa shape index (κ3) is 1.91. The molecule has 4 rings (SSSR count). The number of hydrogen-bond acceptors (Lipinski definition) is 2. The van der Waals surface area contributed by atoms with Gasteiger partial charge in [0.25, 0.3) is 0 Å². The van der Waals surface area contributed by atoms with Crippen LogP contribution in [0.15, 0.2) is 0 Å². The lowest BCUT2D eigenvalue weighted by molar-refractivity contribution is -0.133. The van der Waals surface area contributed by atoms with Gasteiger partial charge in [-0.3, -0.25) is 0 Å². The SMILES string of the molecule is C[C@]12CC[C@H]3[C@@H](CC[C@H]4C[C@@H](O)CC[C@@]43C)[C@H]1CC[C@@H]2O. The van der Waals surface area contributed by atoms with Gasteiger partial charge in [-0.2, -0.15) is 0 Å². The normalized spacial score (nSPS) is 60.0. The molecule has 0 aromatic rings. The highest BCUT2D eigenvalue weighted by Gasteiger charge is 2.59. The third-order valence-electron chi connectivity index (χ3n) is 8.59. The van der Waals surface area contributed by atoms with Crippen molar-refractivity contribution in [1.82, 2.24) is 0 Å². The molecule has 2 heteroatoms. The van der Waals surface area contributed by atoms with Crippen LogP contribution in [0, 0.1) is 34.5 Å². The average molecular weight is 292 g/mol. The zero-order valence-corrected chi connectivity index (χ0v) is 13.7. The number of aliphatic hydroxyl groups is 2. The highest BCUT2D eigenvalue weighted by atomic mass is 16.3. The van der Waals surface area contributed by atoms with Crippen LogP contribution in [0.25, 0.3) is 0 Å². The lowest BCUT2D eigenvalue weighted by Crippen LogP contribution is -2.54. The van der Waals surface area contributed by atoms with Crippen molar-refractivity contribution in [2.24, 2.45) is 34.5 Å². The van der Waals surface area contributed by atoms with Gasteiger partial charge < -0.3 is 10.2 Å². The Morgan fingerprint density at radius 3 is 2.29 bits per heavy atom. The van der Waals surface area contributed by atoms with Crippen molar-refractivity contribution >= 4 is 0 Å². The van der Waals surface area contributed by atoms with Crippen LogP contribution >= 0.6 is 0 Å². The van der Waals surface area contributed by atoms with Gasteiger partial charge in [0.2, 0.25) is 0 Å². The monoisotopic (exact) mass is 292 g/mol. The van der Waals surface area contributed by atoms with Gasteiger partial charge >= 0.3 is 0 Å². The van der Waals surface area contributed by atoms with Crippen LogP contribution in [-0.2, 0) is 0 Å². The molecule has 0 saturated heterocycles. The van der Waals surface area contributed by atoms with Gasteiger partial charge in [-0.1, -0.05) is 13.8 Å². The van der Waals surface area contributed by atoms with Crippen molar-refractivity contribution in [3.8, 4) is 0 Å². The minimum atomic E-state index is -0.0536. The van der Waals surface area contributed by atoms with E-state index < -0.39 is 0 Å². The largest absolute Gasteiger partial charge is 0.393 e. The molecule has 0 aromatic carbocycles. The number of fused-ring (bicyclic) bond motifs is 5. The maximum absolute atomic E-state index is 10.5. The van der Waals surface area contributed by atoms with Crippen LogP contribution in [0.2, 0.25) is 0 Å². The van der Waals surface area contributed by atoms with E-state index in [0.717, 1.165) is 42.9 Å². The lowest BCUT2D eigenvalue weighted by atomic mass is 9.45. The molecule has 0 aromatic heterocycles. The van der Waals surface area contributed by atoms with Crippen molar-refractivity contribution in [3.05, 3.63) is 0 Å². The fourth-order valence-corrected chi connectivity index (χ4v) is 7.21. The first-order chi connectivity index (χ1) is 9.95. The second kappa shape index (κ2) is 4.71. The molecule has 4 saturated carbocycles. The van der Waals surface area contributed by atoms with E-state index in [1.165, 1.54) is 38.5 Å². The van der Waals surface area contributed by atoms with Crippen LogP contribution < -0.4 is 0 Å². The van der Waals surface area contributed by atoms with Crippen LogP contribution in [0.4, 0.5) is 0 Å². The van der Waals surface area contributed by atoms with E-state index in [-0.39, 0.29) is 17.6 Å². The van der Waals surface area contributed by atoms with Crippen LogP contribution in [-0.4, -0.2) is 22.4 Å². The molecule has 0 radical (unpaired) electrons. The fraction of sp³-hybridized carbons (Fsp3) is 1.00. The summed E-state index contributed by atoms with van der Waals surface area (Å²) in [5.74, 6) is 3.21. The molecule has 0 bridgehead atoms. The van der Waals surface area contributed by atoms with Gasteiger partial charge in [0.15, 0.2) is 0 Å². The molecule has 21 heavy (non-hydrogen) atoms. The molecule has 4 aliphatic rings. The molecule has 2 N–H and O–H groups in total. The lowest BCUT2D eigenvalue weighted by Gasteiger charge is -2.60. The Kier molecular flexibility index (Phi) is 3.25. The first-order valence-corrected chi connectivity index (χ1v) is 9.31. The first-order valence-electron chi connectivity index (χ1n) is 9.31. The van der Waals surface area contributed by atoms with Crippen molar-refractivity contribution < 1.29 is 10.2 Å². The molecule has 4 aliphatic carbocycles. The summed E-state index contributed by atoms with van der Waals surface area (Å²) in [6.07, 6.45) is 10.7. The Labute approximate surface area is 129 Å². The van der Waals surface area contributed by atoms with Crippen LogP contribution in [0.3, 0.4) is 0 Å². The van der Waals surface area contributed by atoms with Crippen molar-refractivity contribution in [1.29, 1.82) is 0 Å². The second-order valence-electron chi connectivity index (χ2n) is 9.22. The van der Waals surface area contributed by atoms with Crippen molar-refractivity contribution in [3.63, 3.8) is 0 Å². The Bertz CT molecular complexity index is 422. The van der Waals surface area contributed by atoms with Gasteiger partial charge in [0.05, 0.1) is 12.2 Å². The molecule has 120 valence electrons. The van der Waals surface area contributed by atoms with Crippen molar-refractivity contribution in [2.45, 2.75) is 83.8 Å². The standard InChI is InChI=1S/C19H32O2/c1-18-9-7-13(20)11-12(18)3-4-14-15-5-6-17(21)19(15,2)10-8-16(14)18/h12-17,20-21H,3-11H2,1-2H3/t12-,13-,14-,15+,16-,17-,18-,19-/m0/s1. The predicted octanol–water partition coefficient (Wildman–Crippen LogP) is 3.75. The average Bonchev–Trinajstić information content (AvgIpc) is 2.76. The summed E-state index contributed by atoms with van der Waals surface area (Å²) < 4.78 is 0. The quantitative estimate of drug-likeness (QED) is 0.714. The van der Waals surface area contributed by atoms with Gasteiger partial charge in [-0.05, 0) is 92.3 Å². The fourth-order valence-electron chi connectivity index (χ4n) is 7.21. The molecule has 0 aliphatic heterocycles. The Hall–Kier alpha value is -0.0800. The molecular weight excluding hydrogens is 260 g/mol. The second-order valence-corrected chi connectivity index (χ2v) is 9.22. The van der Waals surface area contributed by atoms with Crippen LogP contribution in [0.5, 0.6) is 0 Å². The predicted molar refractivity (Wildman–Crippen MR) is 83.7 cm³/mol. The zero-order chi connectivity index (χ0) is 14.8. The van der Waals surface area contributed by atoms with E-state index >= 15 is 0 Å². The van der Waals surface area contributed by atoms with Gasteiger partial charge in [0.1, 0.15) is 0 Å². The zero-order valence-electron chi connectivity index (χ0n) is 13.7. The summed E-state index contributed by atoms with van der Waals surface area (Å²) in [7, 11) is 0. The van der Waals surface area contributed by atoms with Crippen LogP contribution in [0.1, 0.15) is 71.6 Å². The number of aliphatic hydroxyl groups excluding tert-OH is 2. The summed E-state index contributed by atoms with van der Waals surface area (Å²) in [5.41, 5.74) is 0.676. The van der Waals surface area contributed by atoms with Gasteiger partial charge in [-0.25, -0.2) is 0 Å². The Morgan fingerprint density at radius 1 is 0.762 bits per heavy atom. The molecule has 2 nitrogen and oxygen atoms in total. The van der Waals surface area contributed by atoms with E-state index in [1.54, 1.807) is 0 Å². The molecule has 8 atom stereocenters. The summed E-state index contributed by atoms with van der Waals surface area (Å²) in [6, 6.07) is 0. The summed E-state index contributed by atoms with van der Waals surface area (Å²) in [6.45, 7) is 4.90. The minimum Gasteiger partial charge on any atom is -0.393 e. The number of hydrogen-bond donors (Lipinski definition) is 2. The number of rotatable bonds is 0. The molecule has 0 amide bonds. The van der Waals surface area contributed by atoms with Crippen molar-refractivity contribution in [2.75, 3.05) is 0 Å². The van der Waals surface area contributed by atoms with E-state index in [4.69, 9.17) is 0 Å². The van der Waals surface area contributed by atoms with E-state index in [0.29, 0.717) is 5.41 Å². The molecule has 0 unspecified atom stereocenters. The molecular formula is C19H32O2. The molecule has 0 heterocycles. The third-order valence-corrected chi connectivity index (χ3v) is 8.59. The van der Waals surface area contributed by atoms with E-state index in [2.05, 4.69) is 13.8 Å². The maximum Gasteiger partial charge on any atom is 0.0596 e. The highest BCUT2D eigenvalue weighted by Crippen LogP contribution is 2.66.